The average molecular weight is 283 g/mol. The topological polar surface area (TPSA) is 56.1 Å². The molecule has 1 aliphatic carbocycles. The van der Waals surface area contributed by atoms with E-state index >= 15 is 0 Å². The monoisotopic (exact) mass is 283 g/mol. The van der Waals surface area contributed by atoms with Gasteiger partial charge in [0, 0.05) is 13.1 Å². The van der Waals surface area contributed by atoms with Gasteiger partial charge in [0.2, 0.25) is 5.91 Å². The zero-order valence-electron chi connectivity index (χ0n) is 12.3. The molecule has 3 rings (SSSR count). The first-order valence-electron chi connectivity index (χ1n) is 7.72. The Bertz CT molecular complexity index is 570. The van der Waals surface area contributed by atoms with Crippen LogP contribution in [0.3, 0.4) is 0 Å². The van der Waals surface area contributed by atoms with Crippen LogP contribution in [-0.4, -0.2) is 29.4 Å². The van der Waals surface area contributed by atoms with Gasteiger partial charge in [0.25, 0.3) is 0 Å². The van der Waals surface area contributed by atoms with Crippen molar-refractivity contribution in [3.05, 3.63) is 35.4 Å². The van der Waals surface area contributed by atoms with E-state index in [2.05, 4.69) is 34.5 Å². The third-order valence-corrected chi connectivity index (χ3v) is 4.63. The molecule has 21 heavy (non-hydrogen) atoms. The normalized spacial score (nSPS) is 20.5. The van der Waals surface area contributed by atoms with Crippen molar-refractivity contribution in [1.29, 1.82) is 5.26 Å². The largest absolute Gasteiger partial charge is 0.337 e. The number of nitrogens with zero attached hydrogens (tertiary/aromatic N) is 2. The zero-order valence-corrected chi connectivity index (χ0v) is 12.3. The number of nitrogens with one attached hydrogen (secondary N) is 1. The van der Waals surface area contributed by atoms with E-state index in [9.17, 15) is 10.1 Å². The number of benzene rings is 1. The molecule has 1 aromatic rings. The van der Waals surface area contributed by atoms with Gasteiger partial charge in [0.15, 0.2) is 0 Å². The minimum atomic E-state index is -0.606. The minimum Gasteiger partial charge on any atom is -0.337 e. The summed E-state index contributed by atoms with van der Waals surface area (Å²) in [5, 5.41) is 12.3. The molecule has 110 valence electrons. The van der Waals surface area contributed by atoms with Gasteiger partial charge < -0.3 is 5.32 Å². The molecule has 4 heteroatoms. The van der Waals surface area contributed by atoms with Crippen LogP contribution in [0.15, 0.2) is 24.3 Å². The fourth-order valence-electron chi connectivity index (χ4n) is 3.44. The lowest BCUT2D eigenvalue weighted by atomic mass is 9.99. The quantitative estimate of drug-likeness (QED) is 0.923. The van der Waals surface area contributed by atoms with Crippen LogP contribution in [0.25, 0.3) is 0 Å². The van der Waals surface area contributed by atoms with E-state index in [0.717, 1.165) is 45.2 Å². The summed E-state index contributed by atoms with van der Waals surface area (Å²) in [5.74, 6) is -0.0159. The Hall–Kier alpha value is -1.86. The predicted molar refractivity (Wildman–Crippen MR) is 80.4 cm³/mol. The number of hydrogen-bond acceptors (Lipinski definition) is 3. The van der Waals surface area contributed by atoms with Crippen LogP contribution in [0.5, 0.6) is 0 Å². The number of carbonyl (C=O) groups is 1. The van der Waals surface area contributed by atoms with Crippen LogP contribution in [0.1, 0.15) is 36.8 Å². The fraction of sp³-hybridized carbons (Fsp3) is 0.529. The van der Waals surface area contributed by atoms with E-state index < -0.39 is 5.54 Å². The third kappa shape index (κ3) is 3.08. The average Bonchev–Trinajstić information content (AvgIpc) is 2.96. The molecule has 0 unspecified atom stereocenters. The summed E-state index contributed by atoms with van der Waals surface area (Å²) in [5.41, 5.74) is 2.09. The lowest BCUT2D eigenvalue weighted by Crippen LogP contribution is -2.49. The summed E-state index contributed by atoms with van der Waals surface area (Å²) in [4.78, 5) is 14.4. The molecule has 0 radical (unpaired) electrons. The maximum atomic E-state index is 12.2. The molecular formula is C17H21N3O. The van der Waals surface area contributed by atoms with Gasteiger partial charge in [-0.3, -0.25) is 9.69 Å². The van der Waals surface area contributed by atoms with Crippen molar-refractivity contribution >= 4 is 5.91 Å². The standard InChI is InChI=1S/C17H21N3O/c18-13-17(8-3-4-9-17)19-16(21)12-20-10-7-14-5-1-2-6-15(14)11-20/h1-2,5-6H,3-4,7-12H2,(H,19,21). The molecule has 1 aliphatic heterocycles. The maximum absolute atomic E-state index is 12.2. The van der Waals surface area contributed by atoms with Crippen molar-refractivity contribution in [2.45, 2.75) is 44.2 Å². The first-order chi connectivity index (χ1) is 10.2. The molecule has 1 fully saturated rings. The zero-order chi connectivity index (χ0) is 14.7. The molecular weight excluding hydrogens is 262 g/mol. The van der Waals surface area contributed by atoms with Crippen LogP contribution in [-0.2, 0) is 17.8 Å². The van der Waals surface area contributed by atoms with Gasteiger partial charge in [0.1, 0.15) is 5.54 Å². The van der Waals surface area contributed by atoms with E-state index in [-0.39, 0.29) is 5.91 Å². The molecule has 0 atom stereocenters. The summed E-state index contributed by atoms with van der Waals surface area (Å²) >= 11 is 0. The highest BCUT2D eigenvalue weighted by Crippen LogP contribution is 2.28. The number of amides is 1. The third-order valence-electron chi connectivity index (χ3n) is 4.63. The molecule has 1 N–H and O–H groups in total. The SMILES string of the molecule is N#CC1(NC(=O)CN2CCc3ccccc3C2)CCCC1. The predicted octanol–water partition coefficient (Wildman–Crippen LogP) is 2.00. The van der Waals surface area contributed by atoms with Crippen LogP contribution in [0, 0.1) is 11.3 Å². The summed E-state index contributed by atoms with van der Waals surface area (Å²) in [6.07, 6.45) is 4.64. The minimum absolute atomic E-state index is 0.0159. The second-order valence-corrected chi connectivity index (χ2v) is 6.18. The lowest BCUT2D eigenvalue weighted by Gasteiger charge is -2.29. The van der Waals surface area contributed by atoms with Crippen molar-refractivity contribution < 1.29 is 4.79 Å². The molecule has 2 aliphatic rings. The van der Waals surface area contributed by atoms with Crippen molar-refractivity contribution in [2.24, 2.45) is 0 Å². The van der Waals surface area contributed by atoms with E-state index in [4.69, 9.17) is 0 Å². The van der Waals surface area contributed by atoms with Crippen molar-refractivity contribution in [2.75, 3.05) is 13.1 Å². The second kappa shape index (κ2) is 5.87. The summed E-state index contributed by atoms with van der Waals surface area (Å²) in [6.45, 7) is 2.12. The molecule has 0 saturated heterocycles. The smallest absolute Gasteiger partial charge is 0.235 e. The Kier molecular flexibility index (Phi) is 3.94. The van der Waals surface area contributed by atoms with Crippen LogP contribution in [0.2, 0.25) is 0 Å². The van der Waals surface area contributed by atoms with Gasteiger partial charge >= 0.3 is 0 Å². The molecule has 1 saturated carbocycles. The number of fused-ring (bicyclic) bond motifs is 1. The van der Waals surface area contributed by atoms with Gasteiger partial charge in [-0.05, 0) is 43.2 Å². The molecule has 0 spiro atoms. The summed E-state index contributed by atoms with van der Waals surface area (Å²) < 4.78 is 0. The van der Waals surface area contributed by atoms with Gasteiger partial charge in [0.05, 0.1) is 12.6 Å². The van der Waals surface area contributed by atoms with Gasteiger partial charge in [-0.1, -0.05) is 24.3 Å². The van der Waals surface area contributed by atoms with E-state index in [0.29, 0.717) is 6.54 Å². The molecule has 0 bridgehead atoms. The molecule has 1 aromatic carbocycles. The number of hydrogen-bond donors (Lipinski definition) is 1. The van der Waals surface area contributed by atoms with Gasteiger partial charge in [-0.2, -0.15) is 5.26 Å². The Morgan fingerprint density at radius 3 is 2.71 bits per heavy atom. The number of carbonyl (C=O) groups excluding carboxylic acids is 1. The Balaban J connectivity index is 1.58. The number of rotatable bonds is 3. The highest BCUT2D eigenvalue weighted by Gasteiger charge is 2.35. The van der Waals surface area contributed by atoms with E-state index in [1.165, 1.54) is 11.1 Å². The van der Waals surface area contributed by atoms with Crippen LogP contribution >= 0.6 is 0 Å². The Morgan fingerprint density at radius 1 is 1.29 bits per heavy atom. The summed E-state index contributed by atoms with van der Waals surface area (Å²) in [6, 6.07) is 10.7. The van der Waals surface area contributed by atoms with Crippen LogP contribution < -0.4 is 5.32 Å². The fourth-order valence-corrected chi connectivity index (χ4v) is 3.44. The second-order valence-electron chi connectivity index (χ2n) is 6.18. The first-order valence-corrected chi connectivity index (χ1v) is 7.72. The van der Waals surface area contributed by atoms with Gasteiger partial charge in [-0.15, -0.1) is 0 Å². The Morgan fingerprint density at radius 2 is 2.00 bits per heavy atom. The van der Waals surface area contributed by atoms with E-state index in [1.807, 2.05) is 6.07 Å². The highest BCUT2D eigenvalue weighted by atomic mass is 16.2. The number of nitriles is 1. The molecule has 1 heterocycles. The molecule has 1 amide bonds. The van der Waals surface area contributed by atoms with E-state index in [1.54, 1.807) is 0 Å². The van der Waals surface area contributed by atoms with Crippen molar-refractivity contribution in [3.8, 4) is 6.07 Å². The highest BCUT2D eigenvalue weighted by molar-refractivity contribution is 5.79. The van der Waals surface area contributed by atoms with Crippen LogP contribution in [0.4, 0.5) is 0 Å². The van der Waals surface area contributed by atoms with Crippen molar-refractivity contribution in [3.63, 3.8) is 0 Å². The maximum Gasteiger partial charge on any atom is 0.235 e. The van der Waals surface area contributed by atoms with Crippen molar-refractivity contribution in [1.82, 2.24) is 10.2 Å². The first kappa shape index (κ1) is 14.1. The molecule has 4 nitrogen and oxygen atoms in total. The lowest BCUT2D eigenvalue weighted by molar-refractivity contribution is -0.123. The molecule has 0 aromatic heterocycles. The Labute approximate surface area is 125 Å². The van der Waals surface area contributed by atoms with Gasteiger partial charge in [-0.25, -0.2) is 0 Å². The summed E-state index contributed by atoms with van der Waals surface area (Å²) in [7, 11) is 0.